The Morgan fingerprint density at radius 3 is 2.71 bits per heavy atom. The number of rotatable bonds is 2. The topological polar surface area (TPSA) is 90.4 Å². The molecule has 90 valence electrons. The van der Waals surface area contributed by atoms with E-state index in [9.17, 15) is 8.42 Å². The smallest absolute Gasteiger partial charge is 0.223 e. The summed E-state index contributed by atoms with van der Waals surface area (Å²) in [6.45, 7) is 0. The second-order valence-corrected chi connectivity index (χ2v) is 5.16. The third-order valence-electron chi connectivity index (χ3n) is 1.92. The molecular formula is C8H6Cl2N4O2S. The van der Waals surface area contributed by atoms with Crippen molar-refractivity contribution in [3.8, 4) is 0 Å². The van der Waals surface area contributed by atoms with E-state index in [1.807, 2.05) is 0 Å². The van der Waals surface area contributed by atoms with Crippen LogP contribution < -0.4 is 5.14 Å². The number of halogens is 2. The quantitative estimate of drug-likeness (QED) is 0.902. The maximum atomic E-state index is 11.3. The van der Waals surface area contributed by atoms with E-state index in [0.29, 0.717) is 5.69 Å². The van der Waals surface area contributed by atoms with E-state index in [-0.39, 0.29) is 15.8 Å². The number of imidazole rings is 1. The van der Waals surface area contributed by atoms with Crippen molar-refractivity contribution in [2.75, 3.05) is 0 Å². The average molecular weight is 293 g/mol. The Balaban J connectivity index is 2.83. The summed E-state index contributed by atoms with van der Waals surface area (Å²) in [5.74, 6) is 0. The summed E-state index contributed by atoms with van der Waals surface area (Å²) in [6.07, 6.45) is 1.49. The maximum absolute atomic E-state index is 11.3. The fourth-order valence-electron chi connectivity index (χ4n) is 1.29. The minimum atomic E-state index is -4.00. The van der Waals surface area contributed by atoms with Gasteiger partial charge in [-0.05, 0) is 18.2 Å². The molecule has 0 amide bonds. The first-order chi connectivity index (χ1) is 7.93. The number of hydrogen-bond acceptors (Lipinski definition) is 4. The molecule has 2 aromatic heterocycles. The van der Waals surface area contributed by atoms with E-state index in [1.165, 1.54) is 11.6 Å². The first kappa shape index (κ1) is 12.3. The number of aromatic nitrogens is 3. The molecule has 0 radical (unpaired) electrons. The molecular weight excluding hydrogens is 287 g/mol. The van der Waals surface area contributed by atoms with Crippen molar-refractivity contribution in [3.63, 3.8) is 0 Å². The van der Waals surface area contributed by atoms with Crippen molar-refractivity contribution in [2.24, 2.45) is 5.14 Å². The molecule has 0 aliphatic heterocycles. The van der Waals surface area contributed by atoms with Gasteiger partial charge in [-0.2, -0.15) is 9.61 Å². The molecule has 2 N–H and O–H groups in total. The van der Waals surface area contributed by atoms with Crippen LogP contribution in [0.1, 0.15) is 5.69 Å². The van der Waals surface area contributed by atoms with E-state index in [0.717, 1.165) is 4.52 Å². The zero-order valence-corrected chi connectivity index (χ0v) is 10.5. The molecule has 0 aliphatic rings. The fraction of sp³-hybridized carbons (Fsp3) is 0. The van der Waals surface area contributed by atoms with Crippen LogP contribution in [0.4, 0.5) is 0 Å². The number of sulfonamides is 1. The first-order valence-corrected chi connectivity index (χ1v) is 6.64. The monoisotopic (exact) mass is 292 g/mol. The Bertz CT molecular complexity index is 708. The van der Waals surface area contributed by atoms with Crippen molar-refractivity contribution in [2.45, 2.75) is 5.03 Å². The van der Waals surface area contributed by atoms with Gasteiger partial charge < -0.3 is 0 Å². The molecule has 2 rings (SSSR count). The van der Waals surface area contributed by atoms with Crippen molar-refractivity contribution >= 4 is 44.9 Å². The van der Waals surface area contributed by atoms with Gasteiger partial charge in [-0.1, -0.05) is 23.2 Å². The second-order valence-electron chi connectivity index (χ2n) is 3.07. The molecule has 9 heteroatoms. The van der Waals surface area contributed by atoms with Gasteiger partial charge in [0, 0.05) is 5.54 Å². The summed E-state index contributed by atoms with van der Waals surface area (Å²) in [5, 5.41) is 8.46. The van der Waals surface area contributed by atoms with Crippen molar-refractivity contribution in [1.82, 2.24) is 14.6 Å². The van der Waals surface area contributed by atoms with Gasteiger partial charge in [-0.3, -0.25) is 0 Å². The van der Waals surface area contributed by atoms with Crippen LogP contribution in [0.25, 0.3) is 11.7 Å². The van der Waals surface area contributed by atoms with Crippen LogP contribution in [0, 0.1) is 0 Å². The molecule has 2 aromatic rings. The first-order valence-electron chi connectivity index (χ1n) is 4.28. The number of nitrogens with zero attached hydrogens (tertiary/aromatic N) is 3. The Kier molecular flexibility index (Phi) is 3.09. The molecule has 17 heavy (non-hydrogen) atoms. The zero-order valence-electron chi connectivity index (χ0n) is 8.21. The minimum absolute atomic E-state index is 0.216. The summed E-state index contributed by atoms with van der Waals surface area (Å²) in [6, 6.07) is 3.17. The van der Waals surface area contributed by atoms with Gasteiger partial charge in [-0.15, -0.1) is 0 Å². The molecule has 0 fully saturated rings. The molecule has 0 spiro atoms. The third-order valence-corrected chi connectivity index (χ3v) is 3.33. The molecule has 0 saturated heterocycles. The molecule has 0 aromatic carbocycles. The average Bonchev–Trinajstić information content (AvgIpc) is 2.53. The Morgan fingerprint density at radius 2 is 2.12 bits per heavy atom. The lowest BCUT2D eigenvalue weighted by molar-refractivity contribution is 0.590. The molecule has 2 heterocycles. The summed E-state index contributed by atoms with van der Waals surface area (Å²) < 4.78 is 23.8. The highest BCUT2D eigenvalue weighted by Gasteiger charge is 2.21. The van der Waals surface area contributed by atoms with Gasteiger partial charge in [0.1, 0.15) is 0 Å². The largest absolute Gasteiger partial charge is 0.258 e. The van der Waals surface area contributed by atoms with E-state index in [4.69, 9.17) is 28.3 Å². The van der Waals surface area contributed by atoms with E-state index in [1.54, 1.807) is 12.1 Å². The number of hydrogen-bond donors (Lipinski definition) is 1. The normalized spacial score (nSPS) is 12.6. The summed E-state index contributed by atoms with van der Waals surface area (Å²) in [4.78, 5) is 3.83. The molecule has 0 atom stereocenters. The zero-order chi connectivity index (χ0) is 12.6. The SMILES string of the molecule is NS(=O)(=O)c1c(Cl)nc2ccc(/C=C/Cl)nn12. The number of primary sulfonamides is 1. The van der Waals surface area contributed by atoms with Gasteiger partial charge in [-0.25, -0.2) is 18.5 Å². The predicted octanol–water partition coefficient (Wildman–Crippen LogP) is 1.24. The third kappa shape index (κ3) is 2.27. The molecule has 0 unspecified atom stereocenters. The van der Waals surface area contributed by atoms with Gasteiger partial charge in [0.15, 0.2) is 10.8 Å². The minimum Gasteiger partial charge on any atom is -0.223 e. The molecule has 0 bridgehead atoms. The van der Waals surface area contributed by atoms with E-state index >= 15 is 0 Å². The Labute approximate surface area is 107 Å². The molecule has 6 nitrogen and oxygen atoms in total. The van der Waals surface area contributed by atoms with Crippen LogP contribution >= 0.6 is 23.2 Å². The van der Waals surface area contributed by atoms with Crippen LogP contribution in [0.3, 0.4) is 0 Å². The van der Waals surface area contributed by atoms with Crippen LogP contribution in [0.5, 0.6) is 0 Å². The number of fused-ring (bicyclic) bond motifs is 1. The number of nitrogens with two attached hydrogens (primary N) is 1. The van der Waals surface area contributed by atoms with Crippen LogP contribution in [-0.2, 0) is 10.0 Å². The van der Waals surface area contributed by atoms with Gasteiger partial charge in [0.2, 0.25) is 5.03 Å². The van der Waals surface area contributed by atoms with E-state index in [2.05, 4.69) is 10.1 Å². The highest BCUT2D eigenvalue weighted by molar-refractivity contribution is 7.89. The predicted molar refractivity (Wildman–Crippen MR) is 64.3 cm³/mol. The molecule has 0 saturated carbocycles. The van der Waals surface area contributed by atoms with Crippen LogP contribution in [0.2, 0.25) is 5.15 Å². The van der Waals surface area contributed by atoms with Crippen molar-refractivity contribution in [1.29, 1.82) is 0 Å². The summed E-state index contributed by atoms with van der Waals surface area (Å²) in [7, 11) is -4.00. The Hall–Kier alpha value is -1.15. The fourth-order valence-corrected chi connectivity index (χ4v) is 2.57. The lowest BCUT2D eigenvalue weighted by Gasteiger charge is -1.99. The Morgan fingerprint density at radius 1 is 1.41 bits per heavy atom. The van der Waals surface area contributed by atoms with E-state index < -0.39 is 10.0 Å². The lowest BCUT2D eigenvalue weighted by atomic mass is 10.4. The lowest BCUT2D eigenvalue weighted by Crippen LogP contribution is -2.16. The highest BCUT2D eigenvalue weighted by Crippen LogP contribution is 2.20. The highest BCUT2D eigenvalue weighted by atomic mass is 35.5. The van der Waals surface area contributed by atoms with Crippen LogP contribution in [-0.4, -0.2) is 23.0 Å². The van der Waals surface area contributed by atoms with Crippen molar-refractivity contribution < 1.29 is 8.42 Å². The van der Waals surface area contributed by atoms with Crippen molar-refractivity contribution in [3.05, 3.63) is 28.5 Å². The van der Waals surface area contributed by atoms with Gasteiger partial charge in [0.05, 0.1) is 5.69 Å². The summed E-state index contributed by atoms with van der Waals surface area (Å²) in [5.41, 5.74) is 1.99. The van der Waals surface area contributed by atoms with Crippen LogP contribution in [0.15, 0.2) is 22.7 Å². The van der Waals surface area contributed by atoms with Gasteiger partial charge >= 0.3 is 0 Å². The molecule has 0 aliphatic carbocycles. The maximum Gasteiger partial charge on any atom is 0.258 e. The van der Waals surface area contributed by atoms with Gasteiger partial charge in [0.25, 0.3) is 10.0 Å². The summed E-state index contributed by atoms with van der Waals surface area (Å²) >= 11 is 11.1. The standard InChI is InChI=1S/C8H6Cl2N4O2S/c9-4-3-5-1-2-6-12-7(10)8(14(6)13-5)17(11,15)16/h1-4H,(H2,11,15,16)/b4-3+. The second kappa shape index (κ2) is 4.26.